The molecule has 0 amide bonds. The zero-order chi connectivity index (χ0) is 12.4. The third-order valence-electron chi connectivity index (χ3n) is 2.63. The number of aromatic amines is 1. The minimum Gasteiger partial charge on any atom is -0.496 e. The first-order chi connectivity index (χ1) is 8.17. The number of nitrogens with two attached hydrogens (primary N) is 1. The van der Waals surface area contributed by atoms with Crippen LogP contribution in [0.4, 0.5) is 5.82 Å². The molecule has 5 heteroatoms. The lowest BCUT2D eigenvalue weighted by atomic mass is 10.1. The van der Waals surface area contributed by atoms with Crippen LogP contribution >= 0.6 is 0 Å². The Morgan fingerprint density at radius 2 is 2.24 bits per heavy atom. The number of anilines is 1. The zero-order valence-electron chi connectivity index (χ0n) is 9.65. The molecule has 17 heavy (non-hydrogen) atoms. The number of carbonyl (C=O) groups is 1. The van der Waals surface area contributed by atoms with Crippen LogP contribution in [0.3, 0.4) is 0 Å². The third-order valence-corrected chi connectivity index (χ3v) is 2.63. The van der Waals surface area contributed by atoms with E-state index in [2.05, 4.69) is 10.2 Å². The Morgan fingerprint density at radius 3 is 2.82 bits per heavy atom. The Balaban J connectivity index is 2.53. The summed E-state index contributed by atoms with van der Waals surface area (Å²) in [6, 6.07) is 5.61. The molecule has 0 aliphatic carbocycles. The molecule has 0 aliphatic heterocycles. The van der Waals surface area contributed by atoms with Crippen molar-refractivity contribution in [2.45, 2.75) is 6.92 Å². The van der Waals surface area contributed by atoms with Crippen LogP contribution in [-0.4, -0.2) is 23.6 Å². The summed E-state index contributed by atoms with van der Waals surface area (Å²) in [4.78, 5) is 10.9. The normalized spacial score (nSPS) is 10.2. The van der Waals surface area contributed by atoms with Gasteiger partial charge < -0.3 is 10.5 Å². The molecule has 0 unspecified atom stereocenters. The summed E-state index contributed by atoms with van der Waals surface area (Å²) in [5.74, 6) is 1.01. The highest BCUT2D eigenvalue weighted by molar-refractivity contribution is 5.91. The highest BCUT2D eigenvalue weighted by Gasteiger charge is 2.12. The smallest absolute Gasteiger partial charge is 0.156 e. The Morgan fingerprint density at radius 1 is 1.47 bits per heavy atom. The van der Waals surface area contributed by atoms with Crippen molar-refractivity contribution in [3.63, 3.8) is 0 Å². The Labute approximate surface area is 98.6 Å². The number of ether oxygens (including phenoxy) is 1. The van der Waals surface area contributed by atoms with Gasteiger partial charge in [0.1, 0.15) is 5.75 Å². The van der Waals surface area contributed by atoms with Gasteiger partial charge in [-0.25, -0.2) is 0 Å². The second-order valence-corrected chi connectivity index (χ2v) is 3.70. The average molecular weight is 231 g/mol. The van der Waals surface area contributed by atoms with Gasteiger partial charge in [0.05, 0.1) is 18.4 Å². The molecule has 2 aromatic rings. The summed E-state index contributed by atoms with van der Waals surface area (Å²) in [5, 5.41) is 6.59. The van der Waals surface area contributed by atoms with Gasteiger partial charge in [0, 0.05) is 5.56 Å². The van der Waals surface area contributed by atoms with Crippen LogP contribution in [0.1, 0.15) is 15.9 Å². The molecule has 2 rings (SSSR count). The summed E-state index contributed by atoms with van der Waals surface area (Å²) in [6.07, 6.45) is 0.702. The molecular formula is C12H13N3O2. The van der Waals surface area contributed by atoms with Crippen LogP contribution in [0.25, 0.3) is 11.3 Å². The molecule has 0 aliphatic rings. The lowest BCUT2D eigenvalue weighted by Gasteiger charge is -2.06. The molecule has 3 N–H and O–H groups in total. The first kappa shape index (κ1) is 11.2. The summed E-state index contributed by atoms with van der Waals surface area (Å²) in [7, 11) is 1.62. The number of benzene rings is 1. The molecule has 0 atom stereocenters. The summed E-state index contributed by atoms with van der Waals surface area (Å²) in [5.41, 5.74) is 8.43. The van der Waals surface area contributed by atoms with Crippen molar-refractivity contribution in [1.82, 2.24) is 10.2 Å². The fraction of sp³-hybridized carbons (Fsp3) is 0.167. The number of nitrogen functional groups attached to an aromatic ring is 1. The van der Waals surface area contributed by atoms with Crippen LogP contribution in [0.5, 0.6) is 5.75 Å². The van der Waals surface area contributed by atoms with Gasteiger partial charge in [0.15, 0.2) is 12.1 Å². The summed E-state index contributed by atoms with van der Waals surface area (Å²) >= 11 is 0. The third kappa shape index (κ3) is 1.87. The van der Waals surface area contributed by atoms with Gasteiger partial charge in [0.2, 0.25) is 0 Å². The number of rotatable bonds is 3. The molecule has 0 fully saturated rings. The van der Waals surface area contributed by atoms with Crippen molar-refractivity contribution in [1.29, 1.82) is 0 Å². The first-order valence-corrected chi connectivity index (χ1v) is 5.11. The van der Waals surface area contributed by atoms with Crippen molar-refractivity contribution in [3.8, 4) is 17.0 Å². The maximum absolute atomic E-state index is 10.9. The van der Waals surface area contributed by atoms with E-state index in [1.165, 1.54) is 0 Å². The standard InChI is InChI=1S/C12H13N3O2/c1-7-5-8(3-4-10(7)17-2)11-9(6-16)12(13)15-14-11/h3-6H,1-2H3,(H3,13,14,15). The predicted octanol–water partition coefficient (Wildman–Crippen LogP) is 1.79. The van der Waals surface area contributed by atoms with E-state index in [4.69, 9.17) is 10.5 Å². The zero-order valence-corrected chi connectivity index (χ0v) is 9.65. The van der Waals surface area contributed by atoms with Gasteiger partial charge in [-0.1, -0.05) is 0 Å². The average Bonchev–Trinajstić information content (AvgIpc) is 2.70. The molecule has 0 radical (unpaired) electrons. The Kier molecular flexibility index (Phi) is 2.82. The SMILES string of the molecule is COc1ccc(-c2[nH]nc(N)c2C=O)cc1C. The van der Waals surface area contributed by atoms with Crippen molar-refractivity contribution in [3.05, 3.63) is 29.3 Å². The predicted molar refractivity (Wildman–Crippen MR) is 65.1 cm³/mol. The number of hydrogen-bond donors (Lipinski definition) is 2. The van der Waals surface area contributed by atoms with Crippen molar-refractivity contribution in [2.24, 2.45) is 0 Å². The fourth-order valence-electron chi connectivity index (χ4n) is 1.74. The van der Waals surface area contributed by atoms with Gasteiger partial charge >= 0.3 is 0 Å². The Bertz CT molecular complexity index is 561. The number of aldehydes is 1. The van der Waals surface area contributed by atoms with Crippen molar-refractivity contribution < 1.29 is 9.53 Å². The van der Waals surface area contributed by atoms with Crippen LogP contribution in [0, 0.1) is 6.92 Å². The first-order valence-electron chi connectivity index (χ1n) is 5.11. The second kappa shape index (κ2) is 4.29. The van der Waals surface area contributed by atoms with E-state index in [9.17, 15) is 4.79 Å². The maximum Gasteiger partial charge on any atom is 0.156 e. The molecule has 88 valence electrons. The van der Waals surface area contributed by atoms with Crippen molar-refractivity contribution in [2.75, 3.05) is 12.8 Å². The molecule has 0 bridgehead atoms. The lowest BCUT2D eigenvalue weighted by Crippen LogP contribution is -1.92. The van der Waals surface area contributed by atoms with E-state index in [0.717, 1.165) is 16.9 Å². The summed E-state index contributed by atoms with van der Waals surface area (Å²) < 4.78 is 5.18. The van der Waals surface area contributed by atoms with Gasteiger partial charge in [0.25, 0.3) is 0 Å². The molecule has 1 aromatic heterocycles. The maximum atomic E-state index is 10.9. The topological polar surface area (TPSA) is 81.0 Å². The molecule has 1 aromatic carbocycles. The number of carbonyl (C=O) groups excluding carboxylic acids is 1. The highest BCUT2D eigenvalue weighted by atomic mass is 16.5. The quantitative estimate of drug-likeness (QED) is 0.789. The number of methoxy groups -OCH3 is 1. The second-order valence-electron chi connectivity index (χ2n) is 3.70. The number of H-pyrrole nitrogens is 1. The van der Waals surface area contributed by atoms with E-state index in [1.54, 1.807) is 7.11 Å². The number of aryl methyl sites for hydroxylation is 1. The fourth-order valence-corrected chi connectivity index (χ4v) is 1.74. The van der Waals surface area contributed by atoms with Gasteiger partial charge in [-0.3, -0.25) is 9.89 Å². The molecule has 1 heterocycles. The lowest BCUT2D eigenvalue weighted by molar-refractivity contribution is 0.112. The number of aromatic nitrogens is 2. The van der Waals surface area contributed by atoms with E-state index >= 15 is 0 Å². The number of nitrogens with zero attached hydrogens (tertiary/aromatic N) is 1. The molecule has 0 saturated heterocycles. The number of nitrogens with one attached hydrogen (secondary N) is 1. The minimum absolute atomic E-state index is 0.212. The molecule has 0 saturated carbocycles. The number of hydrogen-bond acceptors (Lipinski definition) is 4. The molecule has 5 nitrogen and oxygen atoms in total. The van der Waals surface area contributed by atoms with E-state index in [1.807, 2.05) is 25.1 Å². The van der Waals surface area contributed by atoms with Crippen LogP contribution in [0.2, 0.25) is 0 Å². The monoisotopic (exact) mass is 231 g/mol. The molecular weight excluding hydrogens is 218 g/mol. The van der Waals surface area contributed by atoms with E-state index in [0.29, 0.717) is 17.5 Å². The van der Waals surface area contributed by atoms with Crippen LogP contribution < -0.4 is 10.5 Å². The van der Waals surface area contributed by atoms with Crippen molar-refractivity contribution >= 4 is 12.1 Å². The van der Waals surface area contributed by atoms with E-state index in [-0.39, 0.29) is 5.82 Å². The Hall–Kier alpha value is -2.30. The highest BCUT2D eigenvalue weighted by Crippen LogP contribution is 2.28. The van der Waals surface area contributed by atoms with Gasteiger partial charge in [-0.05, 0) is 30.7 Å². The minimum atomic E-state index is 0.212. The largest absolute Gasteiger partial charge is 0.496 e. The van der Waals surface area contributed by atoms with E-state index < -0.39 is 0 Å². The molecule has 0 spiro atoms. The van der Waals surface area contributed by atoms with Gasteiger partial charge in [-0.15, -0.1) is 0 Å². The van der Waals surface area contributed by atoms with Crippen LogP contribution in [-0.2, 0) is 0 Å². The van der Waals surface area contributed by atoms with Gasteiger partial charge in [-0.2, -0.15) is 5.10 Å². The summed E-state index contributed by atoms with van der Waals surface area (Å²) in [6.45, 7) is 1.93. The van der Waals surface area contributed by atoms with Crippen LogP contribution in [0.15, 0.2) is 18.2 Å².